The van der Waals surface area contributed by atoms with Crippen molar-refractivity contribution in [2.75, 3.05) is 11.9 Å². The van der Waals surface area contributed by atoms with Crippen molar-refractivity contribution >= 4 is 22.4 Å². The van der Waals surface area contributed by atoms with Crippen molar-refractivity contribution in [3.8, 4) is 0 Å². The number of thiazole rings is 1. The number of carbonyl (C=O) groups is 1. The molecule has 18 heavy (non-hydrogen) atoms. The summed E-state index contributed by atoms with van der Waals surface area (Å²) in [5.74, 6) is -0.667. The number of carboxylic acids is 1. The minimum Gasteiger partial charge on any atom is -0.481 e. The van der Waals surface area contributed by atoms with E-state index < -0.39 is 11.4 Å². The number of aromatic nitrogens is 1. The molecule has 2 N–H and O–H groups in total. The summed E-state index contributed by atoms with van der Waals surface area (Å²) in [6.07, 6.45) is 4.75. The van der Waals surface area contributed by atoms with Gasteiger partial charge in [0.1, 0.15) is 0 Å². The number of hydrogen-bond acceptors (Lipinski definition) is 4. The van der Waals surface area contributed by atoms with Gasteiger partial charge in [-0.25, -0.2) is 4.98 Å². The molecule has 1 saturated carbocycles. The van der Waals surface area contributed by atoms with E-state index in [0.29, 0.717) is 6.54 Å². The van der Waals surface area contributed by atoms with E-state index in [4.69, 9.17) is 0 Å². The molecule has 0 radical (unpaired) electrons. The van der Waals surface area contributed by atoms with Gasteiger partial charge in [0.25, 0.3) is 0 Å². The molecule has 0 aromatic carbocycles. The fourth-order valence-electron chi connectivity index (χ4n) is 2.49. The molecule has 0 saturated heterocycles. The van der Waals surface area contributed by atoms with Crippen LogP contribution in [0.5, 0.6) is 0 Å². The molecular weight excluding hydrogens is 248 g/mol. The van der Waals surface area contributed by atoms with Crippen molar-refractivity contribution < 1.29 is 9.90 Å². The van der Waals surface area contributed by atoms with Crippen molar-refractivity contribution in [2.24, 2.45) is 5.41 Å². The van der Waals surface area contributed by atoms with Gasteiger partial charge in [0.15, 0.2) is 5.13 Å². The van der Waals surface area contributed by atoms with Crippen LogP contribution in [0.4, 0.5) is 5.13 Å². The third-order valence-electron chi connectivity index (χ3n) is 3.87. The molecule has 2 rings (SSSR count). The van der Waals surface area contributed by atoms with Gasteiger partial charge in [-0.05, 0) is 26.7 Å². The molecule has 0 amide bonds. The Morgan fingerprint density at radius 2 is 2.06 bits per heavy atom. The fourth-order valence-corrected chi connectivity index (χ4v) is 3.30. The first-order valence-corrected chi connectivity index (χ1v) is 7.26. The van der Waals surface area contributed by atoms with Gasteiger partial charge >= 0.3 is 5.97 Å². The molecule has 0 aliphatic heterocycles. The second-order valence-corrected chi connectivity index (χ2v) is 6.36. The summed E-state index contributed by atoms with van der Waals surface area (Å²) in [6.45, 7) is 4.51. The zero-order chi connectivity index (χ0) is 13.2. The second-order valence-electron chi connectivity index (χ2n) is 5.16. The second kappa shape index (κ2) is 5.26. The van der Waals surface area contributed by atoms with Gasteiger partial charge in [0.2, 0.25) is 0 Å². The fraction of sp³-hybridized carbons (Fsp3) is 0.692. The zero-order valence-corrected chi connectivity index (χ0v) is 11.8. The summed E-state index contributed by atoms with van der Waals surface area (Å²) < 4.78 is 0. The molecule has 1 fully saturated rings. The average molecular weight is 268 g/mol. The Hall–Kier alpha value is -1.10. The maximum absolute atomic E-state index is 11.5. The number of aryl methyl sites for hydroxylation is 2. The van der Waals surface area contributed by atoms with E-state index in [1.807, 2.05) is 13.8 Å². The van der Waals surface area contributed by atoms with Crippen LogP contribution in [0.1, 0.15) is 42.7 Å². The number of anilines is 1. The van der Waals surface area contributed by atoms with Crippen molar-refractivity contribution in [3.63, 3.8) is 0 Å². The van der Waals surface area contributed by atoms with Crippen molar-refractivity contribution in [2.45, 2.75) is 46.0 Å². The maximum atomic E-state index is 11.5. The Morgan fingerprint density at radius 3 is 2.56 bits per heavy atom. The summed E-state index contributed by atoms with van der Waals surface area (Å²) in [6, 6.07) is 0. The minimum absolute atomic E-state index is 0.495. The highest BCUT2D eigenvalue weighted by atomic mass is 32.1. The third kappa shape index (κ3) is 2.66. The molecule has 1 aromatic rings. The first kappa shape index (κ1) is 13.3. The van der Waals surface area contributed by atoms with Crippen LogP contribution in [0.2, 0.25) is 0 Å². The number of carboxylic acid groups (broad SMARTS) is 1. The van der Waals surface area contributed by atoms with Crippen molar-refractivity contribution in [1.29, 1.82) is 0 Å². The van der Waals surface area contributed by atoms with Gasteiger partial charge in [-0.1, -0.05) is 19.3 Å². The average Bonchev–Trinajstić information content (AvgIpc) is 2.67. The van der Waals surface area contributed by atoms with Crippen LogP contribution in [0.3, 0.4) is 0 Å². The molecule has 0 spiro atoms. The Balaban J connectivity index is 2.03. The van der Waals surface area contributed by atoms with Gasteiger partial charge < -0.3 is 10.4 Å². The van der Waals surface area contributed by atoms with E-state index in [9.17, 15) is 9.90 Å². The lowest BCUT2D eigenvalue weighted by Crippen LogP contribution is -2.39. The van der Waals surface area contributed by atoms with Crippen LogP contribution < -0.4 is 5.32 Å². The van der Waals surface area contributed by atoms with E-state index in [-0.39, 0.29) is 0 Å². The quantitative estimate of drug-likeness (QED) is 0.880. The van der Waals surface area contributed by atoms with E-state index in [2.05, 4.69) is 10.3 Å². The van der Waals surface area contributed by atoms with Crippen LogP contribution in [0.15, 0.2) is 0 Å². The highest BCUT2D eigenvalue weighted by Crippen LogP contribution is 2.37. The summed E-state index contributed by atoms with van der Waals surface area (Å²) in [4.78, 5) is 17.1. The number of rotatable bonds is 4. The third-order valence-corrected chi connectivity index (χ3v) is 4.90. The summed E-state index contributed by atoms with van der Waals surface area (Å²) in [5.41, 5.74) is 0.432. The van der Waals surface area contributed by atoms with E-state index in [0.717, 1.165) is 42.9 Å². The zero-order valence-electron chi connectivity index (χ0n) is 11.0. The largest absolute Gasteiger partial charge is 0.481 e. The number of nitrogens with zero attached hydrogens (tertiary/aromatic N) is 1. The maximum Gasteiger partial charge on any atom is 0.311 e. The highest BCUT2D eigenvalue weighted by molar-refractivity contribution is 7.15. The molecule has 4 nitrogen and oxygen atoms in total. The number of nitrogens with one attached hydrogen (secondary N) is 1. The molecule has 1 aliphatic carbocycles. The Morgan fingerprint density at radius 1 is 1.39 bits per heavy atom. The van der Waals surface area contributed by atoms with Gasteiger partial charge in [-0.15, -0.1) is 11.3 Å². The smallest absolute Gasteiger partial charge is 0.311 e. The lowest BCUT2D eigenvalue weighted by Gasteiger charge is -2.33. The molecular formula is C13H20N2O2S. The molecule has 1 aliphatic rings. The lowest BCUT2D eigenvalue weighted by molar-refractivity contribution is -0.150. The van der Waals surface area contributed by atoms with Gasteiger partial charge in [0, 0.05) is 11.4 Å². The predicted octanol–water partition coefficient (Wildman–Crippen LogP) is 3.21. The monoisotopic (exact) mass is 268 g/mol. The molecule has 0 unspecified atom stereocenters. The van der Waals surface area contributed by atoms with Gasteiger partial charge in [-0.3, -0.25) is 4.79 Å². The standard InChI is InChI=1S/C13H20N2O2S/c1-9-10(2)18-12(15-9)14-8-13(11(16)17)6-4-3-5-7-13/h3-8H2,1-2H3,(H,14,15)(H,16,17). The number of hydrogen-bond donors (Lipinski definition) is 2. The van der Waals surface area contributed by atoms with Crippen molar-refractivity contribution in [1.82, 2.24) is 4.98 Å². The topological polar surface area (TPSA) is 62.2 Å². The predicted molar refractivity (Wildman–Crippen MR) is 73.2 cm³/mol. The summed E-state index contributed by atoms with van der Waals surface area (Å²) >= 11 is 1.60. The van der Waals surface area contributed by atoms with Crippen molar-refractivity contribution in [3.05, 3.63) is 10.6 Å². The van der Waals surface area contributed by atoms with Crippen LogP contribution in [-0.2, 0) is 4.79 Å². The van der Waals surface area contributed by atoms with Gasteiger partial charge in [0.05, 0.1) is 11.1 Å². The van der Waals surface area contributed by atoms with E-state index in [1.165, 1.54) is 4.88 Å². The normalized spacial score (nSPS) is 18.6. The Labute approximate surface area is 111 Å². The van der Waals surface area contributed by atoms with Crippen LogP contribution in [0.25, 0.3) is 0 Å². The first-order valence-electron chi connectivity index (χ1n) is 6.45. The molecule has 1 heterocycles. The summed E-state index contributed by atoms with van der Waals surface area (Å²) in [7, 11) is 0. The molecule has 0 bridgehead atoms. The van der Waals surface area contributed by atoms with Gasteiger partial charge in [-0.2, -0.15) is 0 Å². The summed E-state index contributed by atoms with van der Waals surface area (Å²) in [5, 5.41) is 13.5. The van der Waals surface area contributed by atoms with Crippen LogP contribution >= 0.6 is 11.3 Å². The molecule has 5 heteroatoms. The molecule has 1 aromatic heterocycles. The van der Waals surface area contributed by atoms with E-state index in [1.54, 1.807) is 11.3 Å². The first-order chi connectivity index (χ1) is 8.53. The number of aliphatic carboxylic acids is 1. The van der Waals surface area contributed by atoms with Crippen LogP contribution in [-0.4, -0.2) is 22.6 Å². The van der Waals surface area contributed by atoms with Crippen LogP contribution in [0, 0.1) is 19.3 Å². The van der Waals surface area contributed by atoms with E-state index >= 15 is 0 Å². The Bertz CT molecular complexity index is 417. The highest BCUT2D eigenvalue weighted by Gasteiger charge is 2.39. The Kier molecular flexibility index (Phi) is 3.90. The lowest BCUT2D eigenvalue weighted by atomic mass is 9.74. The SMILES string of the molecule is Cc1nc(NCC2(C(=O)O)CCCCC2)sc1C. The molecule has 100 valence electrons. The minimum atomic E-state index is -0.667. The molecule has 0 atom stereocenters.